The van der Waals surface area contributed by atoms with Crippen LogP contribution in [0.5, 0.6) is 0 Å². The van der Waals surface area contributed by atoms with Crippen LogP contribution in [-0.2, 0) is 6.42 Å². The average molecular weight is 364 g/mol. The molecule has 1 aliphatic rings. The van der Waals surface area contributed by atoms with Crippen LogP contribution >= 0.6 is 0 Å². The van der Waals surface area contributed by atoms with Gasteiger partial charge in [-0.1, -0.05) is 18.2 Å². The predicted molar refractivity (Wildman–Crippen MR) is 103 cm³/mol. The van der Waals surface area contributed by atoms with Crippen LogP contribution in [0.25, 0.3) is 10.9 Å². The Hall–Kier alpha value is -3.02. The van der Waals surface area contributed by atoms with Crippen molar-refractivity contribution in [3.63, 3.8) is 0 Å². The molecule has 6 heteroatoms. The molecule has 0 unspecified atom stereocenters. The summed E-state index contributed by atoms with van der Waals surface area (Å²) in [6.07, 6.45) is 3.46. The molecule has 0 aliphatic carbocycles. The van der Waals surface area contributed by atoms with Crippen molar-refractivity contribution < 1.29 is 9.18 Å². The second-order valence-corrected chi connectivity index (χ2v) is 7.14. The molecular formula is C21H21FN4O. The Morgan fingerprint density at radius 2 is 2.15 bits per heavy atom. The fourth-order valence-electron chi connectivity index (χ4n) is 3.61. The first-order chi connectivity index (χ1) is 13.0. The maximum atomic E-state index is 13.9. The van der Waals surface area contributed by atoms with E-state index in [4.69, 9.17) is 5.73 Å². The molecule has 138 valence electrons. The number of anilines is 1. The number of carbonyl (C=O) groups is 1. The van der Waals surface area contributed by atoms with Crippen molar-refractivity contribution >= 4 is 22.5 Å². The van der Waals surface area contributed by atoms with E-state index in [-0.39, 0.29) is 11.6 Å². The Balaban J connectivity index is 1.45. The van der Waals surface area contributed by atoms with Crippen molar-refractivity contribution in [3.8, 4) is 0 Å². The number of hydrogen-bond donors (Lipinski definition) is 1. The van der Waals surface area contributed by atoms with E-state index in [2.05, 4.69) is 9.97 Å². The molecule has 1 atom stereocenters. The summed E-state index contributed by atoms with van der Waals surface area (Å²) < 4.78 is 13.9. The minimum atomic E-state index is -0.543. The highest BCUT2D eigenvalue weighted by atomic mass is 19.1. The number of aromatic nitrogens is 2. The van der Waals surface area contributed by atoms with Crippen LogP contribution in [0.3, 0.4) is 0 Å². The van der Waals surface area contributed by atoms with Gasteiger partial charge in [-0.2, -0.15) is 0 Å². The number of nitrogens with zero attached hydrogens (tertiary/aromatic N) is 3. The lowest BCUT2D eigenvalue weighted by molar-refractivity contribution is 0.0786. The molecule has 27 heavy (non-hydrogen) atoms. The van der Waals surface area contributed by atoms with Gasteiger partial charge in [-0.05, 0) is 43.0 Å². The van der Waals surface area contributed by atoms with Gasteiger partial charge < -0.3 is 10.6 Å². The number of aryl methyl sites for hydroxylation is 1. The lowest BCUT2D eigenvalue weighted by Crippen LogP contribution is -2.29. The van der Waals surface area contributed by atoms with Gasteiger partial charge in [-0.25, -0.2) is 14.4 Å². The molecule has 5 nitrogen and oxygen atoms in total. The summed E-state index contributed by atoms with van der Waals surface area (Å²) in [5.74, 6) is 0.398. The van der Waals surface area contributed by atoms with Gasteiger partial charge in [0.05, 0.1) is 11.2 Å². The maximum absolute atomic E-state index is 13.9. The van der Waals surface area contributed by atoms with Crippen molar-refractivity contribution in [2.75, 3.05) is 18.8 Å². The fraction of sp³-hybridized carbons (Fsp3) is 0.286. The summed E-state index contributed by atoms with van der Waals surface area (Å²) in [5, 5.41) is 1.02. The van der Waals surface area contributed by atoms with Gasteiger partial charge >= 0.3 is 0 Å². The quantitative estimate of drug-likeness (QED) is 0.724. The van der Waals surface area contributed by atoms with Gasteiger partial charge in [0.2, 0.25) is 0 Å². The van der Waals surface area contributed by atoms with Gasteiger partial charge in [0.1, 0.15) is 11.6 Å². The molecule has 2 aromatic carbocycles. The molecule has 2 N–H and O–H groups in total. The second kappa shape index (κ2) is 6.95. The van der Waals surface area contributed by atoms with Crippen molar-refractivity contribution in [2.45, 2.75) is 19.8 Å². The van der Waals surface area contributed by atoms with Crippen LogP contribution in [0.2, 0.25) is 0 Å². The zero-order chi connectivity index (χ0) is 19.0. The van der Waals surface area contributed by atoms with Crippen LogP contribution < -0.4 is 5.73 Å². The van der Waals surface area contributed by atoms with Crippen LogP contribution in [-0.4, -0.2) is 33.9 Å². The predicted octanol–water partition coefficient (Wildman–Crippen LogP) is 3.36. The Morgan fingerprint density at radius 3 is 2.96 bits per heavy atom. The van der Waals surface area contributed by atoms with E-state index in [9.17, 15) is 9.18 Å². The molecule has 1 saturated heterocycles. The molecular weight excluding hydrogens is 343 g/mol. The molecule has 0 radical (unpaired) electrons. The zero-order valence-electron chi connectivity index (χ0n) is 15.2. The highest BCUT2D eigenvalue weighted by Gasteiger charge is 2.28. The first kappa shape index (κ1) is 17.4. The number of carbonyl (C=O) groups excluding carboxylic acids is 1. The first-order valence-electron chi connectivity index (χ1n) is 9.07. The normalized spacial score (nSPS) is 16.8. The van der Waals surface area contributed by atoms with E-state index < -0.39 is 5.82 Å². The highest BCUT2D eigenvalue weighted by Crippen LogP contribution is 2.24. The summed E-state index contributed by atoms with van der Waals surface area (Å²) >= 11 is 0. The molecule has 4 rings (SSSR count). The van der Waals surface area contributed by atoms with Crippen molar-refractivity contribution in [2.24, 2.45) is 5.92 Å². The van der Waals surface area contributed by atoms with Crippen molar-refractivity contribution in [1.82, 2.24) is 14.9 Å². The molecule has 0 spiro atoms. The summed E-state index contributed by atoms with van der Waals surface area (Å²) in [4.78, 5) is 23.6. The van der Waals surface area contributed by atoms with Gasteiger partial charge in [-0.15, -0.1) is 0 Å². The molecule has 2 heterocycles. The number of halogens is 1. The highest BCUT2D eigenvalue weighted by molar-refractivity contribution is 5.95. The van der Waals surface area contributed by atoms with E-state index in [0.717, 1.165) is 29.6 Å². The Kier molecular flexibility index (Phi) is 4.48. The molecule has 1 fully saturated rings. The minimum Gasteiger partial charge on any atom is -0.396 e. The van der Waals surface area contributed by atoms with E-state index >= 15 is 0 Å². The Labute approximate surface area is 157 Å². The molecule has 3 aromatic rings. The number of hydrogen-bond acceptors (Lipinski definition) is 4. The largest absolute Gasteiger partial charge is 0.396 e. The summed E-state index contributed by atoms with van der Waals surface area (Å²) in [6, 6.07) is 10.8. The lowest BCUT2D eigenvalue weighted by atomic mass is 10.0. The van der Waals surface area contributed by atoms with Crippen molar-refractivity contribution in [3.05, 3.63) is 65.4 Å². The smallest absolute Gasteiger partial charge is 0.253 e. The lowest BCUT2D eigenvalue weighted by Gasteiger charge is -2.17. The minimum absolute atomic E-state index is 0.0966. The zero-order valence-corrected chi connectivity index (χ0v) is 15.2. The van der Waals surface area contributed by atoms with Crippen LogP contribution in [0.4, 0.5) is 10.1 Å². The van der Waals surface area contributed by atoms with Gasteiger partial charge in [0, 0.05) is 36.7 Å². The monoisotopic (exact) mass is 364 g/mol. The van der Waals surface area contributed by atoms with E-state index in [0.29, 0.717) is 30.1 Å². The van der Waals surface area contributed by atoms with Crippen LogP contribution in [0, 0.1) is 18.7 Å². The number of rotatable bonds is 3. The third-order valence-corrected chi connectivity index (χ3v) is 5.17. The maximum Gasteiger partial charge on any atom is 0.253 e. The topological polar surface area (TPSA) is 72.1 Å². The number of para-hydroxylation sites is 1. The third-order valence-electron chi connectivity index (χ3n) is 5.17. The number of amides is 1. The Bertz CT molecular complexity index is 997. The van der Waals surface area contributed by atoms with E-state index in [1.807, 2.05) is 30.5 Å². The summed E-state index contributed by atoms with van der Waals surface area (Å²) in [5.41, 5.74) is 7.60. The SMILES string of the molecule is Cc1cc(C(=O)N2CC[C@@H](Cc3ncc4ccccc4n3)C2)cc(F)c1N. The number of benzene rings is 2. The molecule has 0 saturated carbocycles. The average Bonchev–Trinajstić information content (AvgIpc) is 3.13. The molecule has 1 aliphatic heterocycles. The van der Waals surface area contributed by atoms with Gasteiger partial charge in [0.25, 0.3) is 5.91 Å². The van der Waals surface area contributed by atoms with Crippen LogP contribution in [0.15, 0.2) is 42.6 Å². The second-order valence-electron chi connectivity index (χ2n) is 7.14. The number of nitrogen functional groups attached to an aromatic ring is 1. The number of likely N-dealkylation sites (tertiary alicyclic amines) is 1. The number of fused-ring (bicyclic) bond motifs is 1. The van der Waals surface area contributed by atoms with E-state index in [1.165, 1.54) is 6.07 Å². The fourth-order valence-corrected chi connectivity index (χ4v) is 3.61. The Morgan fingerprint density at radius 1 is 1.33 bits per heavy atom. The number of nitrogens with two attached hydrogens (primary N) is 1. The van der Waals surface area contributed by atoms with E-state index in [1.54, 1.807) is 17.9 Å². The molecule has 0 bridgehead atoms. The first-order valence-corrected chi connectivity index (χ1v) is 9.07. The van der Waals surface area contributed by atoms with Crippen LogP contribution in [0.1, 0.15) is 28.2 Å². The molecule has 1 aromatic heterocycles. The van der Waals surface area contributed by atoms with Crippen molar-refractivity contribution in [1.29, 1.82) is 0 Å². The molecule has 1 amide bonds. The third kappa shape index (κ3) is 3.47. The standard InChI is InChI=1S/C21H21FN4O/c1-13-8-16(10-17(22)20(13)23)21(27)26-7-6-14(12-26)9-19-24-11-15-4-2-3-5-18(15)25-19/h2-5,8,10-11,14H,6-7,9,12,23H2,1H3/t14-/m0/s1. The van der Waals surface area contributed by atoms with Gasteiger partial charge in [-0.3, -0.25) is 4.79 Å². The van der Waals surface area contributed by atoms with Gasteiger partial charge in [0.15, 0.2) is 0 Å². The summed E-state index contributed by atoms with van der Waals surface area (Å²) in [6.45, 7) is 2.99. The summed E-state index contributed by atoms with van der Waals surface area (Å²) in [7, 11) is 0.